The van der Waals surface area contributed by atoms with Crippen molar-refractivity contribution in [3.05, 3.63) is 53.8 Å². The number of aryl methyl sites for hydroxylation is 1. The standard InChI is InChI=1S/C20H24BFO3/c1-6-14-8-7-9-17(22)18(14)23-16-12-10-15(11-13-16)21-24-19(2,3)20(4,5)25-21/h7-13H,6H2,1-5H3. The van der Waals surface area contributed by atoms with Gasteiger partial charge in [0, 0.05) is 0 Å². The molecule has 1 saturated heterocycles. The van der Waals surface area contributed by atoms with Gasteiger partial charge in [0.25, 0.3) is 0 Å². The maximum Gasteiger partial charge on any atom is 0.494 e. The average Bonchev–Trinajstić information content (AvgIpc) is 2.78. The van der Waals surface area contributed by atoms with Gasteiger partial charge >= 0.3 is 7.12 Å². The molecule has 3 rings (SSSR count). The minimum absolute atomic E-state index is 0.286. The van der Waals surface area contributed by atoms with E-state index in [4.69, 9.17) is 14.0 Å². The predicted octanol–water partition coefficient (Wildman–Crippen LogP) is 4.48. The highest BCUT2D eigenvalue weighted by molar-refractivity contribution is 6.62. The van der Waals surface area contributed by atoms with Crippen molar-refractivity contribution >= 4 is 12.6 Å². The van der Waals surface area contributed by atoms with E-state index < -0.39 is 7.12 Å². The Morgan fingerprint density at radius 1 is 0.960 bits per heavy atom. The molecule has 1 aliphatic rings. The number of benzene rings is 2. The third-order valence-electron chi connectivity index (χ3n) is 5.05. The predicted molar refractivity (Wildman–Crippen MR) is 98.0 cm³/mol. The fourth-order valence-electron chi connectivity index (χ4n) is 2.74. The molecule has 0 saturated carbocycles. The van der Waals surface area contributed by atoms with Crippen molar-refractivity contribution < 1.29 is 18.4 Å². The molecule has 0 aliphatic carbocycles. The molecule has 0 amide bonds. The molecule has 1 heterocycles. The van der Waals surface area contributed by atoms with Crippen molar-refractivity contribution in [2.75, 3.05) is 0 Å². The lowest BCUT2D eigenvalue weighted by atomic mass is 9.79. The third kappa shape index (κ3) is 3.44. The van der Waals surface area contributed by atoms with Gasteiger partial charge in [0.05, 0.1) is 11.2 Å². The zero-order valence-electron chi connectivity index (χ0n) is 15.4. The number of hydrogen-bond donors (Lipinski definition) is 0. The van der Waals surface area contributed by atoms with Gasteiger partial charge in [0.1, 0.15) is 5.75 Å². The lowest BCUT2D eigenvalue weighted by Crippen LogP contribution is -2.41. The van der Waals surface area contributed by atoms with Crippen LogP contribution in [0.4, 0.5) is 4.39 Å². The second-order valence-electron chi connectivity index (χ2n) is 7.34. The number of rotatable bonds is 4. The molecule has 132 valence electrons. The Balaban J connectivity index is 1.78. The molecule has 0 atom stereocenters. The van der Waals surface area contributed by atoms with Gasteiger partial charge in [-0.1, -0.05) is 31.2 Å². The highest BCUT2D eigenvalue weighted by Crippen LogP contribution is 2.36. The summed E-state index contributed by atoms with van der Waals surface area (Å²) in [5.74, 6) is 0.517. The Bertz CT molecular complexity index is 740. The van der Waals surface area contributed by atoms with E-state index in [0.29, 0.717) is 12.2 Å². The van der Waals surface area contributed by atoms with E-state index in [2.05, 4.69) is 0 Å². The van der Waals surface area contributed by atoms with Crippen LogP contribution in [0.15, 0.2) is 42.5 Å². The van der Waals surface area contributed by atoms with Crippen LogP contribution in [0, 0.1) is 5.82 Å². The Morgan fingerprint density at radius 3 is 2.12 bits per heavy atom. The first-order chi connectivity index (χ1) is 11.7. The summed E-state index contributed by atoms with van der Waals surface area (Å²) in [5, 5.41) is 0. The number of halogens is 1. The van der Waals surface area contributed by atoms with Crippen molar-refractivity contribution in [2.24, 2.45) is 0 Å². The maximum atomic E-state index is 14.1. The first kappa shape index (κ1) is 18.0. The Labute approximate surface area is 149 Å². The molecule has 0 spiro atoms. The van der Waals surface area contributed by atoms with E-state index in [1.165, 1.54) is 6.07 Å². The first-order valence-corrected chi connectivity index (χ1v) is 8.64. The quantitative estimate of drug-likeness (QED) is 0.767. The molecule has 1 aliphatic heterocycles. The van der Waals surface area contributed by atoms with E-state index >= 15 is 0 Å². The van der Waals surface area contributed by atoms with Gasteiger partial charge in [0.15, 0.2) is 11.6 Å². The minimum atomic E-state index is -0.418. The Kier molecular flexibility index (Phi) is 4.65. The molecule has 3 nitrogen and oxygen atoms in total. The van der Waals surface area contributed by atoms with E-state index in [1.807, 2.05) is 65.0 Å². The summed E-state index contributed by atoms with van der Waals surface area (Å²) in [5.41, 5.74) is 0.997. The van der Waals surface area contributed by atoms with Gasteiger partial charge < -0.3 is 14.0 Å². The van der Waals surface area contributed by atoms with Crippen molar-refractivity contribution in [2.45, 2.75) is 52.2 Å². The smallest absolute Gasteiger partial charge is 0.454 e. The molecule has 5 heteroatoms. The SMILES string of the molecule is CCc1cccc(F)c1Oc1ccc(B2OC(C)(C)C(C)(C)O2)cc1. The fourth-order valence-corrected chi connectivity index (χ4v) is 2.74. The first-order valence-electron chi connectivity index (χ1n) is 8.64. The summed E-state index contributed by atoms with van der Waals surface area (Å²) < 4.78 is 31.9. The monoisotopic (exact) mass is 342 g/mol. The third-order valence-corrected chi connectivity index (χ3v) is 5.05. The highest BCUT2D eigenvalue weighted by Gasteiger charge is 2.51. The van der Waals surface area contributed by atoms with Crippen LogP contribution in [0.5, 0.6) is 11.5 Å². The van der Waals surface area contributed by atoms with Crippen LogP contribution in [0.3, 0.4) is 0 Å². The second kappa shape index (κ2) is 6.47. The van der Waals surface area contributed by atoms with Crippen LogP contribution in [-0.2, 0) is 15.7 Å². The van der Waals surface area contributed by atoms with Crippen LogP contribution in [0.2, 0.25) is 0 Å². The molecule has 0 bridgehead atoms. The molecule has 2 aromatic carbocycles. The van der Waals surface area contributed by atoms with Gasteiger partial charge in [-0.15, -0.1) is 0 Å². The van der Waals surface area contributed by atoms with Crippen LogP contribution in [-0.4, -0.2) is 18.3 Å². The maximum absolute atomic E-state index is 14.1. The summed E-state index contributed by atoms with van der Waals surface area (Å²) in [4.78, 5) is 0. The van der Waals surface area contributed by atoms with E-state index in [1.54, 1.807) is 6.07 Å². The van der Waals surface area contributed by atoms with E-state index in [9.17, 15) is 4.39 Å². The number of hydrogen-bond acceptors (Lipinski definition) is 3. The zero-order valence-corrected chi connectivity index (χ0v) is 15.4. The van der Waals surface area contributed by atoms with E-state index in [-0.39, 0.29) is 22.8 Å². The van der Waals surface area contributed by atoms with Crippen molar-refractivity contribution in [1.82, 2.24) is 0 Å². The van der Waals surface area contributed by atoms with Gasteiger partial charge in [-0.05, 0) is 63.3 Å². The molecule has 1 fully saturated rings. The van der Waals surface area contributed by atoms with Crippen LogP contribution < -0.4 is 10.2 Å². The molecule has 0 unspecified atom stereocenters. The molecular formula is C20H24BFO3. The number of ether oxygens (including phenoxy) is 1. The average molecular weight is 342 g/mol. The molecule has 0 N–H and O–H groups in total. The van der Waals surface area contributed by atoms with Gasteiger partial charge in [-0.25, -0.2) is 4.39 Å². The van der Waals surface area contributed by atoms with Crippen molar-refractivity contribution in [3.8, 4) is 11.5 Å². The Morgan fingerprint density at radius 2 is 1.56 bits per heavy atom. The molecule has 2 aromatic rings. The van der Waals surface area contributed by atoms with Crippen molar-refractivity contribution in [3.63, 3.8) is 0 Å². The summed E-state index contributed by atoms with van der Waals surface area (Å²) in [6.45, 7) is 10.1. The normalized spacial score (nSPS) is 18.4. The molecule has 0 radical (unpaired) electrons. The molecular weight excluding hydrogens is 318 g/mol. The molecule has 0 aromatic heterocycles. The van der Waals surface area contributed by atoms with E-state index in [0.717, 1.165) is 11.0 Å². The lowest BCUT2D eigenvalue weighted by Gasteiger charge is -2.32. The van der Waals surface area contributed by atoms with Gasteiger partial charge in [0.2, 0.25) is 0 Å². The summed E-state index contributed by atoms with van der Waals surface area (Å²) in [6.07, 6.45) is 0.707. The van der Waals surface area contributed by atoms with Gasteiger partial charge in [-0.2, -0.15) is 0 Å². The fraction of sp³-hybridized carbons (Fsp3) is 0.400. The van der Waals surface area contributed by atoms with Gasteiger partial charge in [-0.3, -0.25) is 0 Å². The van der Waals surface area contributed by atoms with Crippen LogP contribution in [0.1, 0.15) is 40.2 Å². The largest absolute Gasteiger partial charge is 0.494 e. The minimum Gasteiger partial charge on any atom is -0.454 e. The van der Waals surface area contributed by atoms with Crippen LogP contribution >= 0.6 is 0 Å². The number of para-hydroxylation sites is 1. The molecule has 25 heavy (non-hydrogen) atoms. The highest BCUT2D eigenvalue weighted by atomic mass is 19.1. The summed E-state index contributed by atoms with van der Waals surface area (Å²) >= 11 is 0. The van der Waals surface area contributed by atoms with Crippen molar-refractivity contribution in [1.29, 1.82) is 0 Å². The summed E-state index contributed by atoms with van der Waals surface area (Å²) in [7, 11) is -0.418. The zero-order chi connectivity index (χ0) is 18.2. The second-order valence-corrected chi connectivity index (χ2v) is 7.34. The lowest BCUT2D eigenvalue weighted by molar-refractivity contribution is 0.00578. The Hall–Kier alpha value is -1.85. The summed E-state index contributed by atoms with van der Waals surface area (Å²) in [6, 6.07) is 12.4. The van der Waals surface area contributed by atoms with Crippen LogP contribution in [0.25, 0.3) is 0 Å². The topological polar surface area (TPSA) is 27.7 Å².